The lowest BCUT2D eigenvalue weighted by Crippen LogP contribution is -2.41. The molecule has 1 aliphatic rings. The number of nitrogens with zero attached hydrogens (tertiary/aromatic N) is 2. The minimum Gasteiger partial charge on any atom is -0.399 e. The van der Waals surface area contributed by atoms with Crippen molar-refractivity contribution < 1.29 is 17.7 Å². The van der Waals surface area contributed by atoms with Gasteiger partial charge in [-0.15, -0.1) is 0 Å². The summed E-state index contributed by atoms with van der Waals surface area (Å²) in [6, 6.07) is 8.56. The highest BCUT2D eigenvalue weighted by molar-refractivity contribution is 7.90. The van der Waals surface area contributed by atoms with E-state index in [0.717, 1.165) is 0 Å². The molecule has 0 atom stereocenters. The van der Waals surface area contributed by atoms with Gasteiger partial charge in [0, 0.05) is 23.2 Å². The van der Waals surface area contributed by atoms with Gasteiger partial charge in [-0.2, -0.15) is 0 Å². The molecule has 29 heavy (non-hydrogen) atoms. The first-order valence-corrected chi connectivity index (χ1v) is 11.1. The van der Waals surface area contributed by atoms with Crippen LogP contribution in [-0.2, 0) is 19.3 Å². The van der Waals surface area contributed by atoms with Crippen LogP contribution in [0.1, 0.15) is 33.3 Å². The topological polar surface area (TPSA) is 70.4 Å². The van der Waals surface area contributed by atoms with E-state index in [1.165, 1.54) is 10.2 Å². The molecule has 0 unspecified atom stereocenters. The average molecular weight is 433 g/mol. The Kier molecular flexibility index (Phi) is 4.62. The Bertz CT molecular complexity index is 1200. The molecular formula is C20H22BClN2O4S. The molecule has 0 spiro atoms. The summed E-state index contributed by atoms with van der Waals surface area (Å²) >= 11 is 6.35. The maximum absolute atomic E-state index is 13.5. The van der Waals surface area contributed by atoms with Gasteiger partial charge in [0.25, 0.3) is 10.0 Å². The fraction of sp³-hybridized carbons (Fsp3) is 0.350. The molecule has 1 aromatic carbocycles. The van der Waals surface area contributed by atoms with Crippen molar-refractivity contribution in [2.24, 2.45) is 0 Å². The van der Waals surface area contributed by atoms with Crippen molar-refractivity contribution in [3.8, 4) is 0 Å². The molecule has 1 aliphatic heterocycles. The zero-order valence-corrected chi connectivity index (χ0v) is 18.5. The van der Waals surface area contributed by atoms with Crippen LogP contribution in [-0.4, -0.2) is 35.7 Å². The number of rotatable bonds is 3. The summed E-state index contributed by atoms with van der Waals surface area (Å²) in [5.41, 5.74) is 0.434. The second-order valence-corrected chi connectivity index (χ2v) is 10.4. The molecule has 0 aliphatic carbocycles. The van der Waals surface area contributed by atoms with Crippen molar-refractivity contribution in [1.29, 1.82) is 0 Å². The zero-order valence-electron chi connectivity index (χ0n) is 16.9. The molecule has 2 aromatic heterocycles. The summed E-state index contributed by atoms with van der Waals surface area (Å²) in [5.74, 6) is 0. The Morgan fingerprint density at radius 2 is 1.69 bits per heavy atom. The van der Waals surface area contributed by atoms with E-state index in [-0.39, 0.29) is 10.0 Å². The van der Waals surface area contributed by atoms with Crippen LogP contribution in [0.5, 0.6) is 0 Å². The van der Waals surface area contributed by atoms with Gasteiger partial charge in [0.15, 0.2) is 5.15 Å². The maximum atomic E-state index is 13.5. The van der Waals surface area contributed by atoms with Gasteiger partial charge in [0.05, 0.1) is 16.1 Å². The van der Waals surface area contributed by atoms with Crippen LogP contribution in [0.3, 0.4) is 0 Å². The van der Waals surface area contributed by atoms with E-state index in [1.807, 2.05) is 27.7 Å². The minimum atomic E-state index is -3.90. The standard InChI is InChI=1S/C20H22BClN2O4S/c1-13-8-6-7-9-16(13)29(25,26)24-12-15(14-10-11-23-18(22)17(14)24)21-27-19(2,3)20(4,5)28-21/h6-12H,1-5H3. The molecule has 4 rings (SSSR count). The molecule has 0 N–H and O–H groups in total. The lowest BCUT2D eigenvalue weighted by atomic mass is 9.79. The van der Waals surface area contributed by atoms with E-state index in [4.69, 9.17) is 20.9 Å². The number of hydrogen-bond acceptors (Lipinski definition) is 5. The number of aromatic nitrogens is 2. The van der Waals surface area contributed by atoms with Crippen LogP contribution < -0.4 is 5.46 Å². The van der Waals surface area contributed by atoms with E-state index < -0.39 is 28.3 Å². The zero-order chi connectivity index (χ0) is 21.2. The van der Waals surface area contributed by atoms with Crippen molar-refractivity contribution in [3.05, 3.63) is 53.4 Å². The molecule has 152 valence electrons. The third kappa shape index (κ3) is 3.09. The first kappa shape index (κ1) is 20.4. The van der Waals surface area contributed by atoms with Gasteiger partial charge < -0.3 is 9.31 Å². The average Bonchev–Trinajstić information content (AvgIpc) is 3.11. The van der Waals surface area contributed by atoms with Gasteiger partial charge in [0.1, 0.15) is 5.52 Å². The highest BCUT2D eigenvalue weighted by atomic mass is 35.5. The fourth-order valence-corrected chi connectivity index (χ4v) is 5.34. The Labute approximate surface area is 176 Å². The molecule has 1 fully saturated rings. The third-order valence-corrected chi connectivity index (χ3v) is 7.90. The highest BCUT2D eigenvalue weighted by Gasteiger charge is 2.52. The third-order valence-electron chi connectivity index (χ3n) is 5.80. The van der Waals surface area contributed by atoms with Crippen LogP contribution in [0.2, 0.25) is 5.15 Å². The molecule has 0 amide bonds. The molecule has 0 radical (unpaired) electrons. The van der Waals surface area contributed by atoms with Crippen LogP contribution in [0, 0.1) is 6.92 Å². The summed E-state index contributed by atoms with van der Waals surface area (Å²) in [6.07, 6.45) is 3.08. The van der Waals surface area contributed by atoms with Crippen LogP contribution >= 0.6 is 11.6 Å². The van der Waals surface area contributed by atoms with Gasteiger partial charge >= 0.3 is 7.12 Å². The number of halogens is 1. The molecule has 6 nitrogen and oxygen atoms in total. The van der Waals surface area contributed by atoms with Gasteiger partial charge in [-0.05, 0) is 52.3 Å². The van der Waals surface area contributed by atoms with E-state index >= 15 is 0 Å². The SMILES string of the molecule is Cc1ccccc1S(=O)(=O)n1cc(B2OC(C)(C)C(C)(C)O2)c2ccnc(Cl)c21. The molecule has 0 saturated carbocycles. The quantitative estimate of drug-likeness (QED) is 0.468. The Balaban J connectivity index is 1.96. The monoisotopic (exact) mass is 432 g/mol. The van der Waals surface area contributed by atoms with E-state index in [1.54, 1.807) is 43.5 Å². The van der Waals surface area contributed by atoms with Gasteiger partial charge in [0.2, 0.25) is 0 Å². The number of aryl methyl sites for hydroxylation is 1. The normalized spacial score (nSPS) is 18.5. The Hall–Kier alpha value is -1.87. The summed E-state index contributed by atoms with van der Waals surface area (Å²) in [7, 11) is -4.63. The molecule has 3 heterocycles. The number of benzene rings is 1. The first-order chi connectivity index (χ1) is 13.5. The molecule has 3 aromatic rings. The fourth-order valence-electron chi connectivity index (χ4n) is 3.43. The van der Waals surface area contributed by atoms with E-state index in [9.17, 15) is 8.42 Å². The van der Waals surface area contributed by atoms with Gasteiger partial charge in [-0.25, -0.2) is 17.4 Å². The van der Waals surface area contributed by atoms with Crippen molar-refractivity contribution in [3.63, 3.8) is 0 Å². The smallest absolute Gasteiger partial charge is 0.399 e. The van der Waals surface area contributed by atoms with Gasteiger partial charge in [-0.3, -0.25) is 0 Å². The van der Waals surface area contributed by atoms with Crippen molar-refractivity contribution in [1.82, 2.24) is 8.96 Å². The molecule has 9 heteroatoms. The molecular weight excluding hydrogens is 411 g/mol. The summed E-state index contributed by atoms with van der Waals surface area (Å²) in [6.45, 7) is 9.55. The summed E-state index contributed by atoms with van der Waals surface area (Å²) in [5, 5.41) is 0.725. The number of fused-ring (bicyclic) bond motifs is 1. The van der Waals surface area contributed by atoms with Crippen LogP contribution in [0.25, 0.3) is 10.9 Å². The lowest BCUT2D eigenvalue weighted by molar-refractivity contribution is 0.00578. The Morgan fingerprint density at radius 3 is 2.31 bits per heavy atom. The van der Waals surface area contributed by atoms with Crippen molar-refractivity contribution >= 4 is 45.1 Å². The van der Waals surface area contributed by atoms with Gasteiger partial charge in [-0.1, -0.05) is 29.8 Å². The predicted octanol–water partition coefficient (Wildman–Crippen LogP) is 3.53. The molecule has 0 bridgehead atoms. The first-order valence-electron chi connectivity index (χ1n) is 9.28. The summed E-state index contributed by atoms with van der Waals surface area (Å²) in [4.78, 5) is 4.30. The van der Waals surface area contributed by atoms with E-state index in [2.05, 4.69) is 4.98 Å². The minimum absolute atomic E-state index is 0.0995. The number of hydrogen-bond donors (Lipinski definition) is 0. The molecule has 1 saturated heterocycles. The van der Waals surface area contributed by atoms with Crippen LogP contribution in [0.4, 0.5) is 0 Å². The second kappa shape index (κ2) is 6.57. The second-order valence-electron chi connectivity index (χ2n) is 8.24. The highest BCUT2D eigenvalue weighted by Crippen LogP contribution is 2.38. The number of pyridine rings is 1. The van der Waals surface area contributed by atoms with E-state index in [0.29, 0.717) is 21.9 Å². The lowest BCUT2D eigenvalue weighted by Gasteiger charge is -2.32. The van der Waals surface area contributed by atoms with Crippen LogP contribution in [0.15, 0.2) is 47.6 Å². The largest absolute Gasteiger partial charge is 0.497 e. The predicted molar refractivity (Wildman–Crippen MR) is 114 cm³/mol. The van der Waals surface area contributed by atoms with Crippen molar-refractivity contribution in [2.45, 2.75) is 50.7 Å². The van der Waals surface area contributed by atoms with Crippen molar-refractivity contribution in [2.75, 3.05) is 0 Å². The summed E-state index contributed by atoms with van der Waals surface area (Å²) < 4.78 is 40.5. The Morgan fingerprint density at radius 1 is 1.07 bits per heavy atom. The maximum Gasteiger partial charge on any atom is 0.497 e.